The molecule has 4 N–H and O–H groups in total. The lowest BCUT2D eigenvalue weighted by Crippen LogP contribution is -2.38. The van der Waals surface area contributed by atoms with Gasteiger partial charge in [-0.25, -0.2) is 9.97 Å². The Hall–Kier alpha value is -1.49. The lowest BCUT2D eigenvalue weighted by molar-refractivity contribution is -0.119. The second-order valence-electron chi connectivity index (χ2n) is 2.86. The van der Waals surface area contributed by atoms with Crippen molar-refractivity contribution in [2.45, 2.75) is 19.4 Å². The number of primary amides is 1. The van der Waals surface area contributed by atoms with Gasteiger partial charge in [-0.15, -0.1) is 0 Å². The van der Waals surface area contributed by atoms with E-state index < -0.39 is 11.9 Å². The monoisotopic (exact) mass is 180 g/mol. The van der Waals surface area contributed by atoms with Crippen LogP contribution in [0.1, 0.15) is 11.4 Å². The lowest BCUT2D eigenvalue weighted by atomic mass is 10.1. The number of aromatic nitrogens is 2. The molecule has 0 aliphatic rings. The highest BCUT2D eigenvalue weighted by atomic mass is 16.1. The molecule has 0 spiro atoms. The Bertz CT molecular complexity index is 313. The maximum absolute atomic E-state index is 10.6. The molecule has 1 aromatic heterocycles. The number of carbonyl (C=O) groups is 1. The van der Waals surface area contributed by atoms with E-state index in [-0.39, 0.29) is 0 Å². The number of carbonyl (C=O) groups excluding carboxylic acids is 1. The van der Waals surface area contributed by atoms with Crippen LogP contribution < -0.4 is 11.5 Å². The van der Waals surface area contributed by atoms with Gasteiger partial charge in [0.2, 0.25) is 5.91 Å². The summed E-state index contributed by atoms with van der Waals surface area (Å²) in [6.07, 6.45) is 1.80. The Morgan fingerprint density at radius 2 is 2.31 bits per heavy atom. The molecule has 0 saturated heterocycles. The van der Waals surface area contributed by atoms with E-state index in [9.17, 15) is 4.79 Å². The largest absolute Gasteiger partial charge is 0.368 e. The number of hydrogen-bond acceptors (Lipinski definition) is 4. The van der Waals surface area contributed by atoms with Gasteiger partial charge in [-0.2, -0.15) is 0 Å². The maximum atomic E-state index is 10.6. The van der Waals surface area contributed by atoms with E-state index in [0.29, 0.717) is 6.42 Å². The number of amides is 1. The zero-order chi connectivity index (χ0) is 9.84. The molecule has 1 unspecified atom stereocenters. The van der Waals surface area contributed by atoms with E-state index in [0.717, 1.165) is 11.4 Å². The summed E-state index contributed by atoms with van der Waals surface area (Å²) in [5.41, 5.74) is 12.1. The third-order valence-corrected chi connectivity index (χ3v) is 1.65. The van der Waals surface area contributed by atoms with Crippen molar-refractivity contribution in [3.8, 4) is 0 Å². The second kappa shape index (κ2) is 3.95. The molecule has 0 fully saturated rings. The number of aryl methyl sites for hydroxylation is 1. The molecule has 0 saturated carbocycles. The van der Waals surface area contributed by atoms with Crippen molar-refractivity contribution in [1.29, 1.82) is 0 Å². The molecular formula is C8H12N4O. The van der Waals surface area contributed by atoms with Gasteiger partial charge in [0.1, 0.15) is 6.33 Å². The molecule has 70 valence electrons. The first-order valence-electron chi connectivity index (χ1n) is 3.92. The van der Waals surface area contributed by atoms with E-state index in [1.165, 1.54) is 6.33 Å². The van der Waals surface area contributed by atoms with Crippen LogP contribution in [0.15, 0.2) is 12.4 Å². The maximum Gasteiger partial charge on any atom is 0.234 e. The minimum absolute atomic E-state index is 0.360. The van der Waals surface area contributed by atoms with Gasteiger partial charge in [0.15, 0.2) is 0 Å². The minimum atomic E-state index is -0.672. The van der Waals surface area contributed by atoms with Crippen LogP contribution >= 0.6 is 0 Å². The quantitative estimate of drug-likeness (QED) is 0.632. The van der Waals surface area contributed by atoms with Gasteiger partial charge in [-0.3, -0.25) is 4.79 Å². The van der Waals surface area contributed by atoms with Crippen LogP contribution in [-0.2, 0) is 11.2 Å². The molecule has 1 aromatic rings. The van der Waals surface area contributed by atoms with Crippen molar-refractivity contribution in [2.24, 2.45) is 11.5 Å². The highest BCUT2D eigenvalue weighted by Crippen LogP contribution is 1.99. The van der Waals surface area contributed by atoms with Crippen molar-refractivity contribution in [3.63, 3.8) is 0 Å². The number of nitrogens with zero attached hydrogens (tertiary/aromatic N) is 2. The third kappa shape index (κ3) is 2.79. The minimum Gasteiger partial charge on any atom is -0.368 e. The summed E-state index contributed by atoms with van der Waals surface area (Å²) in [5.74, 6) is -0.517. The molecule has 5 nitrogen and oxygen atoms in total. The average molecular weight is 180 g/mol. The lowest BCUT2D eigenvalue weighted by Gasteiger charge is -2.05. The summed E-state index contributed by atoms with van der Waals surface area (Å²) in [6, 6.07) is 1.11. The second-order valence-corrected chi connectivity index (χ2v) is 2.86. The SMILES string of the molecule is Cc1cc(CC(N)C(N)=O)ncn1. The van der Waals surface area contributed by atoms with E-state index in [1.807, 2.05) is 6.92 Å². The molecular weight excluding hydrogens is 168 g/mol. The highest BCUT2D eigenvalue weighted by molar-refractivity contribution is 5.79. The fraction of sp³-hybridized carbons (Fsp3) is 0.375. The number of nitrogens with two attached hydrogens (primary N) is 2. The predicted molar refractivity (Wildman–Crippen MR) is 47.6 cm³/mol. The van der Waals surface area contributed by atoms with Crippen LogP contribution in [0.3, 0.4) is 0 Å². The summed E-state index contributed by atoms with van der Waals surface area (Å²) in [7, 11) is 0. The number of rotatable bonds is 3. The van der Waals surface area contributed by atoms with Gasteiger partial charge in [0.25, 0.3) is 0 Å². The van der Waals surface area contributed by atoms with Crippen molar-refractivity contribution in [1.82, 2.24) is 9.97 Å². The van der Waals surface area contributed by atoms with Gasteiger partial charge in [0.05, 0.1) is 6.04 Å². The summed E-state index contributed by atoms with van der Waals surface area (Å²) in [4.78, 5) is 18.5. The molecule has 1 rings (SSSR count). The Morgan fingerprint density at radius 1 is 1.62 bits per heavy atom. The van der Waals surface area contributed by atoms with Crippen LogP contribution in [0.25, 0.3) is 0 Å². The van der Waals surface area contributed by atoms with Crippen molar-refractivity contribution in [2.75, 3.05) is 0 Å². The molecule has 0 aliphatic heterocycles. The number of hydrogen-bond donors (Lipinski definition) is 2. The molecule has 1 atom stereocenters. The molecule has 13 heavy (non-hydrogen) atoms. The van der Waals surface area contributed by atoms with Gasteiger partial charge in [0, 0.05) is 17.8 Å². The van der Waals surface area contributed by atoms with Gasteiger partial charge < -0.3 is 11.5 Å². The Kier molecular flexibility index (Phi) is 2.92. The van der Waals surface area contributed by atoms with Gasteiger partial charge in [-0.05, 0) is 13.0 Å². The van der Waals surface area contributed by atoms with Crippen LogP contribution in [0, 0.1) is 6.92 Å². The highest BCUT2D eigenvalue weighted by Gasteiger charge is 2.10. The van der Waals surface area contributed by atoms with Crippen molar-refractivity contribution in [3.05, 3.63) is 23.8 Å². The van der Waals surface area contributed by atoms with Crippen LogP contribution in [-0.4, -0.2) is 21.9 Å². The Balaban J connectivity index is 2.69. The third-order valence-electron chi connectivity index (χ3n) is 1.65. The topological polar surface area (TPSA) is 94.9 Å². The molecule has 5 heteroatoms. The molecule has 1 amide bonds. The Morgan fingerprint density at radius 3 is 2.85 bits per heavy atom. The van der Waals surface area contributed by atoms with Crippen LogP contribution in [0.5, 0.6) is 0 Å². The predicted octanol–water partition coefficient (Wildman–Crippen LogP) is -0.860. The Labute approximate surface area is 76.2 Å². The van der Waals surface area contributed by atoms with Gasteiger partial charge in [-0.1, -0.05) is 0 Å². The fourth-order valence-electron chi connectivity index (χ4n) is 0.947. The summed E-state index contributed by atoms with van der Waals surface area (Å²) < 4.78 is 0. The van der Waals surface area contributed by atoms with Crippen LogP contribution in [0.4, 0.5) is 0 Å². The van der Waals surface area contributed by atoms with Crippen molar-refractivity contribution >= 4 is 5.91 Å². The summed E-state index contributed by atoms with van der Waals surface area (Å²) in [6.45, 7) is 1.85. The fourth-order valence-corrected chi connectivity index (χ4v) is 0.947. The normalized spacial score (nSPS) is 12.5. The van der Waals surface area contributed by atoms with E-state index in [2.05, 4.69) is 9.97 Å². The zero-order valence-electron chi connectivity index (χ0n) is 7.40. The zero-order valence-corrected chi connectivity index (χ0v) is 7.40. The molecule has 0 radical (unpaired) electrons. The smallest absolute Gasteiger partial charge is 0.234 e. The van der Waals surface area contributed by atoms with Gasteiger partial charge >= 0.3 is 0 Å². The molecule has 0 aliphatic carbocycles. The van der Waals surface area contributed by atoms with E-state index in [1.54, 1.807) is 6.07 Å². The first-order chi connectivity index (χ1) is 6.09. The van der Waals surface area contributed by atoms with Crippen molar-refractivity contribution < 1.29 is 4.79 Å². The van der Waals surface area contributed by atoms with E-state index >= 15 is 0 Å². The summed E-state index contributed by atoms with van der Waals surface area (Å²) in [5, 5.41) is 0. The average Bonchev–Trinajstić information content (AvgIpc) is 2.04. The molecule has 1 heterocycles. The van der Waals surface area contributed by atoms with E-state index in [4.69, 9.17) is 11.5 Å². The standard InChI is InChI=1S/C8H12N4O/c1-5-2-6(12-4-11-5)3-7(9)8(10)13/h2,4,7H,3,9H2,1H3,(H2,10,13). The molecule has 0 aromatic carbocycles. The first kappa shape index (κ1) is 9.60. The molecule has 0 bridgehead atoms. The first-order valence-corrected chi connectivity index (χ1v) is 3.92. The summed E-state index contributed by atoms with van der Waals surface area (Å²) >= 11 is 0. The van der Waals surface area contributed by atoms with Crippen LogP contribution in [0.2, 0.25) is 0 Å².